The van der Waals surface area contributed by atoms with E-state index in [2.05, 4.69) is 37.4 Å². The Balaban J connectivity index is 3.15. The Kier molecular flexibility index (Phi) is 3.31. The third-order valence-electron chi connectivity index (χ3n) is 1.000. The molecule has 0 saturated heterocycles. The zero-order valence-corrected chi connectivity index (χ0v) is 6.91. The summed E-state index contributed by atoms with van der Waals surface area (Å²) in [7, 11) is -0.657. The van der Waals surface area contributed by atoms with Gasteiger partial charge in [0.1, 0.15) is 0 Å². The van der Waals surface area contributed by atoms with E-state index in [0.29, 0.717) is 0 Å². The molecule has 0 unspecified atom stereocenters. The third-order valence-corrected chi connectivity index (χ3v) is 3.00. The van der Waals surface area contributed by atoms with Crippen LogP contribution in [0.5, 0.6) is 0 Å². The van der Waals surface area contributed by atoms with Crippen LogP contribution in [-0.2, 0) is 0 Å². The quantitative estimate of drug-likeness (QED) is 0.474. The molecule has 0 aromatic carbocycles. The maximum atomic E-state index is 2.41. The molecule has 0 aliphatic carbocycles. The molecule has 2 heteroatoms. The van der Waals surface area contributed by atoms with Crippen LogP contribution >= 0.6 is 0 Å². The zero-order chi connectivity index (χ0) is 5.91. The van der Waals surface area contributed by atoms with E-state index in [9.17, 15) is 0 Å². The maximum absolute atomic E-state index is 2.41. The second-order valence-corrected chi connectivity index (χ2v) is 8.93. The predicted octanol–water partition coefficient (Wildman–Crippen LogP) is 1.91. The van der Waals surface area contributed by atoms with Crippen LogP contribution < -0.4 is 0 Å². The van der Waals surface area contributed by atoms with Gasteiger partial charge in [0.05, 0.1) is 0 Å². The Hall–Kier alpha value is 0.814. The molecule has 0 heterocycles. The summed E-state index contributed by atoms with van der Waals surface area (Å²) in [6, 6.07) is 1.48. The standard InChI is InChI=1S/C5H13Si.Li/c1-5-6(2,3)4;/h1,5H2,2-4H3;. The molecule has 0 saturated carbocycles. The topological polar surface area (TPSA) is 0 Å². The van der Waals surface area contributed by atoms with E-state index in [1.165, 1.54) is 11.1 Å². The molecule has 0 rings (SSSR count). The van der Waals surface area contributed by atoms with Crippen molar-refractivity contribution in [2.75, 3.05) is 0 Å². The van der Waals surface area contributed by atoms with Gasteiger partial charge in [0, 0.05) is 0 Å². The first-order valence-electron chi connectivity index (χ1n) is 3.06. The number of rotatable bonds is 2. The summed E-state index contributed by atoms with van der Waals surface area (Å²) >= 11 is 2.26. The van der Waals surface area contributed by atoms with E-state index in [0.717, 1.165) is 0 Å². The molecule has 0 aromatic heterocycles. The molecular weight excluding hydrogens is 95.1 g/mol. The zero-order valence-electron chi connectivity index (χ0n) is 5.91. The van der Waals surface area contributed by atoms with Crippen molar-refractivity contribution in [1.82, 2.24) is 0 Å². The van der Waals surface area contributed by atoms with E-state index in [-0.39, 0.29) is 0 Å². The molecule has 0 aliphatic heterocycles. The first-order valence-corrected chi connectivity index (χ1v) is 6.77. The van der Waals surface area contributed by atoms with Crippen LogP contribution in [0.4, 0.5) is 0 Å². The molecule has 0 aliphatic rings. The minimum absolute atomic E-state index is 0.657. The van der Waals surface area contributed by atoms with Crippen LogP contribution in [0.3, 0.4) is 0 Å². The normalized spacial score (nSPS) is 12.1. The summed E-state index contributed by atoms with van der Waals surface area (Å²) in [5, 5.41) is 1.37. The van der Waals surface area contributed by atoms with Gasteiger partial charge in [-0.25, -0.2) is 0 Å². The fraction of sp³-hybridized carbons (Fsp3) is 1.00. The molecule has 0 aromatic rings. The molecule has 0 amide bonds. The number of hydrogen-bond donors (Lipinski definition) is 0. The van der Waals surface area contributed by atoms with Crippen LogP contribution in [0.15, 0.2) is 0 Å². The molecule has 0 N–H and O–H groups in total. The molecule has 0 nitrogen and oxygen atoms in total. The monoisotopic (exact) mass is 108 g/mol. The molecule has 0 radical (unpaired) electrons. The van der Waals surface area contributed by atoms with Crippen molar-refractivity contribution >= 4 is 25.8 Å². The Morgan fingerprint density at radius 3 is 1.71 bits per heavy atom. The second-order valence-electron chi connectivity index (χ2n) is 3.31. The Labute approximate surface area is 56.9 Å². The van der Waals surface area contributed by atoms with Crippen molar-refractivity contribution in [3.05, 3.63) is 0 Å². The minimum atomic E-state index is -0.657. The average Bonchev–Trinajstić information content (AvgIpc) is 1.30. The Bertz CT molecular complexity index is 46.5. The van der Waals surface area contributed by atoms with Gasteiger partial charge in [0.15, 0.2) is 0 Å². The van der Waals surface area contributed by atoms with Gasteiger partial charge < -0.3 is 0 Å². The molecule has 0 atom stereocenters. The van der Waals surface area contributed by atoms with Crippen LogP contribution in [0.25, 0.3) is 0 Å². The van der Waals surface area contributed by atoms with E-state index in [1.54, 1.807) is 0 Å². The summed E-state index contributed by atoms with van der Waals surface area (Å²) in [5.41, 5.74) is 0. The van der Waals surface area contributed by atoms with Gasteiger partial charge >= 0.3 is 56.6 Å². The SMILES string of the molecule is [Li][CH2]C[Si](C)(C)C. The Morgan fingerprint density at radius 1 is 1.29 bits per heavy atom. The molecule has 0 fully saturated rings. The van der Waals surface area contributed by atoms with Gasteiger partial charge in [0.2, 0.25) is 0 Å². The molecule has 38 valence electrons. The summed E-state index contributed by atoms with van der Waals surface area (Å²) in [6.07, 6.45) is 0. The van der Waals surface area contributed by atoms with E-state index < -0.39 is 8.07 Å². The molecule has 0 bridgehead atoms. The van der Waals surface area contributed by atoms with Gasteiger partial charge in [-0.2, -0.15) is 0 Å². The summed E-state index contributed by atoms with van der Waals surface area (Å²) in [5.74, 6) is 0. The van der Waals surface area contributed by atoms with Gasteiger partial charge in [-0.15, -0.1) is 0 Å². The van der Waals surface area contributed by atoms with Gasteiger partial charge in [0.25, 0.3) is 0 Å². The summed E-state index contributed by atoms with van der Waals surface area (Å²) in [6.45, 7) is 7.24. The van der Waals surface area contributed by atoms with Gasteiger partial charge in [-0.3, -0.25) is 0 Å². The first-order chi connectivity index (χ1) is 3.06. The summed E-state index contributed by atoms with van der Waals surface area (Å²) < 4.78 is 0. The van der Waals surface area contributed by atoms with Crippen LogP contribution in [0.2, 0.25) is 30.8 Å². The van der Waals surface area contributed by atoms with Gasteiger partial charge in [-0.05, 0) is 0 Å². The van der Waals surface area contributed by atoms with Crippen molar-refractivity contribution in [2.45, 2.75) is 30.8 Å². The number of hydrogen-bond acceptors (Lipinski definition) is 0. The molecular formula is C5H13LiSi. The second kappa shape index (κ2) is 2.97. The first kappa shape index (κ1) is 7.81. The van der Waals surface area contributed by atoms with Crippen molar-refractivity contribution in [3.8, 4) is 0 Å². The van der Waals surface area contributed by atoms with E-state index in [4.69, 9.17) is 0 Å². The van der Waals surface area contributed by atoms with E-state index >= 15 is 0 Å². The molecule has 7 heavy (non-hydrogen) atoms. The third kappa shape index (κ3) is 6.81. The fourth-order valence-corrected chi connectivity index (χ4v) is 2.25. The average molecular weight is 108 g/mol. The van der Waals surface area contributed by atoms with Crippen LogP contribution in [0, 0.1) is 0 Å². The van der Waals surface area contributed by atoms with E-state index in [1.807, 2.05) is 0 Å². The fourth-order valence-electron chi connectivity index (χ4n) is 0.750. The molecule has 0 spiro atoms. The predicted molar refractivity (Wildman–Crippen MR) is 38.7 cm³/mol. The van der Waals surface area contributed by atoms with Crippen molar-refractivity contribution < 1.29 is 0 Å². The van der Waals surface area contributed by atoms with Crippen molar-refractivity contribution in [3.63, 3.8) is 0 Å². The Morgan fingerprint density at radius 2 is 1.71 bits per heavy atom. The van der Waals surface area contributed by atoms with Crippen LogP contribution in [-0.4, -0.2) is 25.8 Å². The van der Waals surface area contributed by atoms with Crippen molar-refractivity contribution in [1.29, 1.82) is 0 Å². The van der Waals surface area contributed by atoms with Gasteiger partial charge in [-0.1, -0.05) is 0 Å². The summed E-state index contributed by atoms with van der Waals surface area (Å²) in [4.78, 5) is 0. The van der Waals surface area contributed by atoms with Crippen LogP contribution in [0.1, 0.15) is 0 Å². The van der Waals surface area contributed by atoms with Crippen molar-refractivity contribution in [2.24, 2.45) is 0 Å².